The average molecular weight is 369 g/mol. The third-order valence-electron chi connectivity index (χ3n) is 5.21. The summed E-state index contributed by atoms with van der Waals surface area (Å²) in [6.07, 6.45) is 0.199. The molecule has 8 nitrogen and oxygen atoms in total. The lowest BCUT2D eigenvalue weighted by Crippen LogP contribution is -2.56. The fourth-order valence-corrected chi connectivity index (χ4v) is 6.77. The summed E-state index contributed by atoms with van der Waals surface area (Å²) in [6, 6.07) is 1.60. The van der Waals surface area contributed by atoms with Crippen LogP contribution in [-0.4, -0.2) is 71.8 Å². The number of likely N-dealkylation sites (tertiary alicyclic amines) is 1. The first-order chi connectivity index (χ1) is 11.7. The minimum absolute atomic E-state index is 0.232. The minimum Gasteiger partial charge on any atom is -0.365 e. The Morgan fingerprint density at radius 3 is 2.84 bits per heavy atom. The van der Waals surface area contributed by atoms with E-state index in [1.54, 1.807) is 17.9 Å². The van der Waals surface area contributed by atoms with Gasteiger partial charge in [-0.2, -0.15) is 4.31 Å². The lowest BCUT2D eigenvalue weighted by molar-refractivity contribution is -0.0981. The predicted molar refractivity (Wildman–Crippen MR) is 88.5 cm³/mol. The number of sulfonamides is 1. The molecule has 3 atom stereocenters. The Balaban J connectivity index is 1.61. The predicted octanol–water partition coefficient (Wildman–Crippen LogP) is 0.637. The lowest BCUT2D eigenvalue weighted by atomic mass is 9.99. The number of carbonyl (C=O) groups excluding carboxylic acids is 1. The summed E-state index contributed by atoms with van der Waals surface area (Å²) in [5.74, 6) is 0.576. The quantitative estimate of drug-likeness (QED) is 0.776. The van der Waals surface area contributed by atoms with E-state index in [0.717, 1.165) is 0 Å². The van der Waals surface area contributed by atoms with Crippen molar-refractivity contribution in [1.82, 2.24) is 14.4 Å². The molecule has 0 N–H and O–H groups in total. The number of amides is 1. The number of fused-ring (bicyclic) bond motifs is 1. The van der Waals surface area contributed by atoms with Crippen molar-refractivity contribution in [2.75, 3.05) is 26.2 Å². The molecule has 1 aromatic heterocycles. The summed E-state index contributed by atoms with van der Waals surface area (Å²) in [6.45, 7) is 7.18. The third-order valence-corrected chi connectivity index (χ3v) is 7.55. The number of nitrogens with zero attached hydrogens (tertiary/aromatic N) is 3. The number of aromatic nitrogens is 1. The zero-order valence-corrected chi connectivity index (χ0v) is 15.5. The number of aryl methyl sites for hydroxylation is 1. The standard InChI is InChI=1S/C16H23N3O5S/c1-10(2)6-19-9-16-8-18(15(20)13-4-11(3)24-17-13)7-12(23-16)5-14(16)25(19,21)22/h4,10,12,14H,5-9H2,1-3H3/t12-,14-,16-/m1/s1. The van der Waals surface area contributed by atoms with Gasteiger partial charge < -0.3 is 14.2 Å². The maximum absolute atomic E-state index is 12.9. The summed E-state index contributed by atoms with van der Waals surface area (Å²) in [4.78, 5) is 14.4. The molecule has 0 aromatic carbocycles. The van der Waals surface area contributed by atoms with Gasteiger partial charge in [0, 0.05) is 25.7 Å². The van der Waals surface area contributed by atoms with Crippen molar-refractivity contribution < 1.29 is 22.5 Å². The maximum atomic E-state index is 12.9. The van der Waals surface area contributed by atoms with Crippen molar-refractivity contribution in [3.8, 4) is 0 Å². The number of morpholine rings is 1. The topological polar surface area (TPSA) is 93.0 Å². The average Bonchev–Trinajstić information content (AvgIpc) is 3.11. The second-order valence-electron chi connectivity index (χ2n) is 7.77. The van der Waals surface area contributed by atoms with Crippen LogP contribution < -0.4 is 0 Å². The van der Waals surface area contributed by atoms with Crippen LogP contribution in [0.5, 0.6) is 0 Å². The monoisotopic (exact) mass is 369 g/mol. The smallest absolute Gasteiger partial charge is 0.276 e. The molecule has 3 saturated heterocycles. The summed E-state index contributed by atoms with van der Waals surface area (Å²) in [7, 11) is -3.40. The second-order valence-corrected chi connectivity index (χ2v) is 9.88. The van der Waals surface area contributed by atoms with Gasteiger partial charge in [-0.05, 0) is 19.3 Å². The van der Waals surface area contributed by atoms with Gasteiger partial charge in [-0.1, -0.05) is 19.0 Å². The fourth-order valence-electron chi connectivity index (χ4n) is 4.30. The van der Waals surface area contributed by atoms with Crippen LogP contribution in [0.2, 0.25) is 0 Å². The largest absolute Gasteiger partial charge is 0.365 e. The Labute approximate surface area is 147 Å². The highest BCUT2D eigenvalue weighted by Gasteiger charge is 2.65. The molecule has 1 aromatic rings. The Morgan fingerprint density at radius 2 is 2.20 bits per heavy atom. The van der Waals surface area contributed by atoms with Gasteiger partial charge in [0.1, 0.15) is 16.6 Å². The lowest BCUT2D eigenvalue weighted by Gasteiger charge is -2.39. The molecule has 138 valence electrons. The van der Waals surface area contributed by atoms with Gasteiger partial charge >= 0.3 is 0 Å². The van der Waals surface area contributed by atoms with Crippen molar-refractivity contribution >= 4 is 15.9 Å². The van der Waals surface area contributed by atoms with Crippen LogP contribution in [0, 0.1) is 12.8 Å². The van der Waals surface area contributed by atoms with E-state index in [9.17, 15) is 13.2 Å². The van der Waals surface area contributed by atoms with Crippen molar-refractivity contribution in [2.45, 2.75) is 44.1 Å². The Hall–Kier alpha value is -1.45. The van der Waals surface area contributed by atoms with E-state index in [1.165, 1.54) is 4.31 Å². The van der Waals surface area contributed by atoms with E-state index in [1.807, 2.05) is 13.8 Å². The minimum atomic E-state index is -3.40. The fraction of sp³-hybridized carbons (Fsp3) is 0.750. The van der Waals surface area contributed by atoms with Crippen LogP contribution in [0.4, 0.5) is 0 Å². The second kappa shape index (κ2) is 5.52. The summed E-state index contributed by atoms with van der Waals surface area (Å²) in [5, 5.41) is 3.22. The Kier molecular flexibility index (Phi) is 3.75. The third kappa shape index (κ3) is 2.60. The molecule has 0 saturated carbocycles. The molecule has 2 bridgehead atoms. The first-order valence-electron chi connectivity index (χ1n) is 8.61. The SMILES string of the molecule is Cc1cc(C(=O)N2C[C@H]3C[C@@H]4[C@@](C2)(CN(CC(C)C)S4(=O)=O)O3)no1. The maximum Gasteiger partial charge on any atom is 0.276 e. The molecule has 25 heavy (non-hydrogen) atoms. The molecule has 3 fully saturated rings. The van der Waals surface area contributed by atoms with Crippen molar-refractivity contribution in [2.24, 2.45) is 5.92 Å². The summed E-state index contributed by atoms with van der Waals surface area (Å²) < 4.78 is 38.5. The van der Waals surface area contributed by atoms with Crippen LogP contribution >= 0.6 is 0 Å². The summed E-state index contributed by atoms with van der Waals surface area (Å²) in [5.41, 5.74) is -0.572. The molecule has 4 rings (SSSR count). The van der Waals surface area contributed by atoms with E-state index < -0.39 is 20.9 Å². The number of ether oxygens (including phenoxy) is 1. The van der Waals surface area contributed by atoms with Gasteiger partial charge in [0.05, 0.1) is 12.6 Å². The highest BCUT2D eigenvalue weighted by atomic mass is 32.2. The van der Waals surface area contributed by atoms with Gasteiger partial charge in [-0.15, -0.1) is 0 Å². The van der Waals surface area contributed by atoms with Gasteiger partial charge in [0.15, 0.2) is 5.69 Å². The number of hydrogen-bond donors (Lipinski definition) is 0. The van der Waals surface area contributed by atoms with E-state index >= 15 is 0 Å². The molecule has 3 aliphatic heterocycles. The van der Waals surface area contributed by atoms with Crippen LogP contribution in [0.1, 0.15) is 36.5 Å². The Morgan fingerprint density at radius 1 is 1.44 bits per heavy atom. The van der Waals surface area contributed by atoms with Crippen LogP contribution in [0.25, 0.3) is 0 Å². The Bertz CT molecular complexity index is 804. The van der Waals surface area contributed by atoms with Crippen LogP contribution in [0.15, 0.2) is 10.6 Å². The van der Waals surface area contributed by atoms with Crippen molar-refractivity contribution in [3.05, 3.63) is 17.5 Å². The molecule has 0 radical (unpaired) electrons. The molecule has 1 spiro atoms. The van der Waals surface area contributed by atoms with Gasteiger partial charge in [-0.3, -0.25) is 4.79 Å². The summed E-state index contributed by atoms with van der Waals surface area (Å²) >= 11 is 0. The van der Waals surface area contributed by atoms with E-state index in [4.69, 9.17) is 9.26 Å². The highest BCUT2D eigenvalue weighted by Crippen LogP contribution is 2.46. The molecule has 0 aliphatic carbocycles. The van der Waals surface area contributed by atoms with E-state index in [0.29, 0.717) is 31.8 Å². The van der Waals surface area contributed by atoms with Crippen molar-refractivity contribution in [3.63, 3.8) is 0 Å². The zero-order valence-electron chi connectivity index (χ0n) is 14.6. The first-order valence-corrected chi connectivity index (χ1v) is 10.1. The zero-order chi connectivity index (χ0) is 18.0. The molecule has 0 unspecified atom stereocenters. The molecule has 4 heterocycles. The molecule has 9 heteroatoms. The number of hydrogen-bond acceptors (Lipinski definition) is 6. The molecular formula is C16H23N3O5S. The molecule has 1 amide bonds. The van der Waals surface area contributed by atoms with Crippen LogP contribution in [0.3, 0.4) is 0 Å². The van der Waals surface area contributed by atoms with Crippen LogP contribution in [-0.2, 0) is 14.8 Å². The van der Waals surface area contributed by atoms with Gasteiger partial charge in [0.2, 0.25) is 10.0 Å². The highest BCUT2D eigenvalue weighted by molar-refractivity contribution is 7.90. The van der Waals surface area contributed by atoms with Gasteiger partial charge in [-0.25, -0.2) is 8.42 Å². The van der Waals surface area contributed by atoms with Gasteiger partial charge in [0.25, 0.3) is 5.91 Å². The molecule has 3 aliphatic rings. The number of carbonyl (C=O) groups is 1. The van der Waals surface area contributed by atoms with E-state index in [2.05, 4.69) is 5.16 Å². The first kappa shape index (κ1) is 17.0. The number of rotatable bonds is 3. The van der Waals surface area contributed by atoms with E-state index in [-0.39, 0.29) is 30.2 Å². The normalized spacial score (nSPS) is 33.8. The molecular weight excluding hydrogens is 346 g/mol. The van der Waals surface area contributed by atoms with Crippen molar-refractivity contribution in [1.29, 1.82) is 0 Å².